The number of hydrogen-bond donors (Lipinski definition) is 1. The molecule has 0 aromatic heterocycles. The van der Waals surface area contributed by atoms with Crippen molar-refractivity contribution in [2.75, 3.05) is 7.11 Å². The number of ether oxygens (including phenoxy) is 1. The number of hydrogen-bond acceptors (Lipinski definition) is 2. The number of rotatable bonds is 4. The van der Waals surface area contributed by atoms with Crippen LogP contribution in [0.3, 0.4) is 0 Å². The van der Waals surface area contributed by atoms with Gasteiger partial charge in [-0.15, -0.1) is 0 Å². The van der Waals surface area contributed by atoms with Gasteiger partial charge in [0, 0.05) is 11.5 Å². The molecule has 0 radical (unpaired) electrons. The fourth-order valence-electron chi connectivity index (χ4n) is 2.80. The molecule has 2 nitrogen and oxygen atoms in total. The van der Waals surface area contributed by atoms with E-state index in [4.69, 9.17) is 10.5 Å². The maximum Gasteiger partial charge on any atom is 0.119 e. The Labute approximate surface area is 114 Å². The van der Waals surface area contributed by atoms with Gasteiger partial charge in [-0.25, -0.2) is 0 Å². The lowest BCUT2D eigenvalue weighted by molar-refractivity contribution is 0.414. The van der Waals surface area contributed by atoms with Crippen LogP contribution in [0.1, 0.15) is 23.5 Å². The second kappa shape index (κ2) is 4.71. The van der Waals surface area contributed by atoms with E-state index in [1.165, 1.54) is 11.1 Å². The van der Waals surface area contributed by atoms with E-state index >= 15 is 0 Å². The number of nitrogens with two attached hydrogens (primary N) is 1. The highest BCUT2D eigenvalue weighted by Gasteiger charge is 2.51. The van der Waals surface area contributed by atoms with E-state index in [1.807, 2.05) is 18.2 Å². The van der Waals surface area contributed by atoms with Crippen LogP contribution in [0.15, 0.2) is 54.6 Å². The standard InChI is InChI=1S/C17H19NO/c1-19-15-9-5-8-14(10-15)16-12-17(16,18)11-13-6-3-2-4-7-13/h2-10,16H,11-12,18H2,1H3. The van der Waals surface area contributed by atoms with Crippen LogP contribution < -0.4 is 10.5 Å². The first-order valence-corrected chi connectivity index (χ1v) is 6.68. The average molecular weight is 253 g/mol. The smallest absolute Gasteiger partial charge is 0.119 e. The van der Waals surface area contributed by atoms with Crippen molar-refractivity contribution in [3.8, 4) is 5.75 Å². The van der Waals surface area contributed by atoms with Gasteiger partial charge in [0.05, 0.1) is 7.11 Å². The van der Waals surface area contributed by atoms with Crippen LogP contribution in [0.2, 0.25) is 0 Å². The summed E-state index contributed by atoms with van der Waals surface area (Å²) in [5.41, 5.74) is 9.02. The van der Waals surface area contributed by atoms with Crippen molar-refractivity contribution in [3.05, 3.63) is 65.7 Å². The maximum atomic E-state index is 6.51. The Morgan fingerprint density at radius 3 is 2.68 bits per heavy atom. The monoisotopic (exact) mass is 253 g/mol. The van der Waals surface area contributed by atoms with Crippen LogP contribution in [0.5, 0.6) is 5.75 Å². The summed E-state index contributed by atoms with van der Waals surface area (Å²) in [4.78, 5) is 0. The molecule has 2 unspecified atom stereocenters. The van der Waals surface area contributed by atoms with Gasteiger partial charge >= 0.3 is 0 Å². The van der Waals surface area contributed by atoms with Crippen molar-refractivity contribution < 1.29 is 4.74 Å². The summed E-state index contributed by atoms with van der Waals surface area (Å²) in [6, 6.07) is 18.7. The molecule has 0 spiro atoms. The van der Waals surface area contributed by atoms with E-state index in [0.29, 0.717) is 5.92 Å². The molecule has 1 aliphatic rings. The first kappa shape index (κ1) is 12.2. The quantitative estimate of drug-likeness (QED) is 0.908. The lowest BCUT2D eigenvalue weighted by atomic mass is 9.99. The van der Waals surface area contributed by atoms with Crippen LogP contribution in [0, 0.1) is 0 Å². The molecule has 0 heterocycles. The van der Waals surface area contributed by atoms with E-state index in [-0.39, 0.29) is 5.54 Å². The Kier molecular flexibility index (Phi) is 3.03. The molecule has 98 valence electrons. The van der Waals surface area contributed by atoms with Crippen molar-refractivity contribution >= 4 is 0 Å². The van der Waals surface area contributed by atoms with E-state index in [2.05, 4.69) is 36.4 Å². The van der Waals surface area contributed by atoms with Crippen molar-refractivity contribution in [1.82, 2.24) is 0 Å². The summed E-state index contributed by atoms with van der Waals surface area (Å²) in [5.74, 6) is 1.36. The third-order valence-electron chi connectivity index (χ3n) is 3.99. The Morgan fingerprint density at radius 2 is 1.95 bits per heavy atom. The average Bonchev–Trinajstić information content (AvgIpc) is 3.11. The first-order chi connectivity index (χ1) is 9.21. The van der Waals surface area contributed by atoms with Crippen molar-refractivity contribution in [3.63, 3.8) is 0 Å². The Hall–Kier alpha value is -1.80. The minimum absolute atomic E-state index is 0.0896. The molecular formula is C17H19NO. The normalized spacial score (nSPS) is 25.1. The third-order valence-corrected chi connectivity index (χ3v) is 3.99. The van der Waals surface area contributed by atoms with Crippen LogP contribution in [0.4, 0.5) is 0 Å². The topological polar surface area (TPSA) is 35.2 Å². The third kappa shape index (κ3) is 2.49. The van der Waals surface area contributed by atoms with Gasteiger partial charge in [0.2, 0.25) is 0 Å². The van der Waals surface area contributed by atoms with Crippen molar-refractivity contribution in [1.29, 1.82) is 0 Å². The summed E-state index contributed by atoms with van der Waals surface area (Å²) in [6.07, 6.45) is 1.99. The molecule has 2 atom stereocenters. The summed E-state index contributed by atoms with van der Waals surface area (Å²) in [6.45, 7) is 0. The molecule has 1 saturated carbocycles. The minimum Gasteiger partial charge on any atom is -0.497 e. The second-order valence-corrected chi connectivity index (χ2v) is 5.43. The van der Waals surface area contributed by atoms with Crippen LogP contribution >= 0.6 is 0 Å². The first-order valence-electron chi connectivity index (χ1n) is 6.68. The molecule has 3 rings (SSSR count). The lowest BCUT2D eigenvalue weighted by Crippen LogP contribution is -2.27. The number of methoxy groups -OCH3 is 1. The van der Waals surface area contributed by atoms with Gasteiger partial charge in [-0.2, -0.15) is 0 Å². The summed E-state index contributed by atoms with van der Waals surface area (Å²) >= 11 is 0. The molecular weight excluding hydrogens is 234 g/mol. The highest BCUT2D eigenvalue weighted by Crippen LogP contribution is 2.51. The predicted molar refractivity (Wildman–Crippen MR) is 77.4 cm³/mol. The zero-order valence-corrected chi connectivity index (χ0v) is 11.2. The second-order valence-electron chi connectivity index (χ2n) is 5.43. The van der Waals surface area contributed by atoms with Gasteiger partial charge in [0.25, 0.3) is 0 Å². The molecule has 1 fully saturated rings. The van der Waals surface area contributed by atoms with Crippen LogP contribution in [0.25, 0.3) is 0 Å². The highest BCUT2D eigenvalue weighted by molar-refractivity contribution is 5.39. The zero-order chi connectivity index (χ0) is 13.3. The molecule has 19 heavy (non-hydrogen) atoms. The zero-order valence-electron chi connectivity index (χ0n) is 11.2. The SMILES string of the molecule is COc1cccc(C2CC2(N)Cc2ccccc2)c1. The van der Waals surface area contributed by atoms with Gasteiger partial charge < -0.3 is 10.5 Å². The Bertz CT molecular complexity index is 566. The summed E-state index contributed by atoms with van der Waals surface area (Å²) < 4.78 is 5.28. The van der Waals surface area contributed by atoms with Crippen molar-refractivity contribution in [2.24, 2.45) is 5.73 Å². The maximum absolute atomic E-state index is 6.51. The van der Waals surface area contributed by atoms with Gasteiger partial charge in [0.1, 0.15) is 5.75 Å². The molecule has 0 aliphatic heterocycles. The molecule has 0 amide bonds. The van der Waals surface area contributed by atoms with Gasteiger partial charge in [-0.05, 0) is 36.1 Å². The molecule has 2 aromatic carbocycles. The van der Waals surface area contributed by atoms with Crippen molar-refractivity contribution in [2.45, 2.75) is 24.3 Å². The van der Waals surface area contributed by atoms with Gasteiger partial charge in [-0.3, -0.25) is 0 Å². The fourth-order valence-corrected chi connectivity index (χ4v) is 2.80. The minimum atomic E-state index is -0.0896. The van der Waals surface area contributed by atoms with Crippen LogP contribution in [-0.2, 0) is 6.42 Å². The Balaban J connectivity index is 1.75. The van der Waals surface area contributed by atoms with E-state index in [1.54, 1.807) is 7.11 Å². The molecule has 2 aromatic rings. The molecule has 0 bridgehead atoms. The molecule has 1 aliphatic carbocycles. The Morgan fingerprint density at radius 1 is 1.16 bits per heavy atom. The highest BCUT2D eigenvalue weighted by atomic mass is 16.5. The lowest BCUT2D eigenvalue weighted by Gasteiger charge is -2.12. The fraction of sp³-hybridized carbons (Fsp3) is 0.294. The van der Waals surface area contributed by atoms with Crippen LogP contribution in [-0.4, -0.2) is 12.6 Å². The predicted octanol–water partition coefficient (Wildman–Crippen LogP) is 3.12. The van der Waals surface area contributed by atoms with E-state index < -0.39 is 0 Å². The van der Waals surface area contributed by atoms with E-state index in [0.717, 1.165) is 18.6 Å². The van der Waals surface area contributed by atoms with Gasteiger partial charge in [0.15, 0.2) is 0 Å². The largest absolute Gasteiger partial charge is 0.497 e. The number of benzene rings is 2. The summed E-state index contributed by atoms with van der Waals surface area (Å²) in [7, 11) is 1.70. The molecule has 0 saturated heterocycles. The molecule has 2 heteroatoms. The van der Waals surface area contributed by atoms with Gasteiger partial charge in [-0.1, -0.05) is 42.5 Å². The molecule has 2 N–H and O–H groups in total. The summed E-state index contributed by atoms with van der Waals surface area (Å²) in [5, 5.41) is 0. The van der Waals surface area contributed by atoms with E-state index in [9.17, 15) is 0 Å².